The molecule has 2 aromatic rings. The molecule has 5 heteroatoms. The number of carbonyl (C=O) groups is 1. The lowest BCUT2D eigenvalue weighted by atomic mass is 9.98. The van der Waals surface area contributed by atoms with Gasteiger partial charge in [0.1, 0.15) is 0 Å². The Morgan fingerprint density at radius 2 is 2.00 bits per heavy atom. The van der Waals surface area contributed by atoms with Gasteiger partial charge in [0.25, 0.3) is 0 Å². The molecular formula is C23H24N2O3. The van der Waals surface area contributed by atoms with Crippen LogP contribution in [0.15, 0.2) is 66.0 Å². The maximum absolute atomic E-state index is 10.7. The summed E-state index contributed by atoms with van der Waals surface area (Å²) in [5.41, 5.74) is 12.8. The molecule has 0 saturated carbocycles. The Labute approximate surface area is 164 Å². The highest BCUT2D eigenvalue weighted by Gasteiger charge is 2.10. The Morgan fingerprint density at radius 3 is 2.64 bits per heavy atom. The highest BCUT2D eigenvalue weighted by Crippen LogP contribution is 2.29. The zero-order chi connectivity index (χ0) is 20.1. The molecule has 28 heavy (non-hydrogen) atoms. The van der Waals surface area contributed by atoms with Crippen molar-refractivity contribution < 1.29 is 14.6 Å². The fourth-order valence-corrected chi connectivity index (χ4v) is 3.28. The van der Waals surface area contributed by atoms with Gasteiger partial charge in [-0.25, -0.2) is 4.98 Å². The largest absolute Gasteiger partial charge is 0.481 e. The number of aromatic nitrogens is 1. The van der Waals surface area contributed by atoms with E-state index in [-0.39, 0.29) is 6.42 Å². The summed E-state index contributed by atoms with van der Waals surface area (Å²) >= 11 is 0. The van der Waals surface area contributed by atoms with E-state index in [2.05, 4.69) is 4.98 Å². The number of rotatable bonds is 6. The quantitative estimate of drug-likeness (QED) is 0.550. The zero-order valence-corrected chi connectivity index (χ0v) is 16.1. The molecule has 5 nitrogen and oxygen atoms in total. The molecule has 1 aromatic carbocycles. The number of pyridine rings is 1. The third-order valence-electron chi connectivity index (χ3n) is 4.60. The highest BCUT2D eigenvalue weighted by molar-refractivity contribution is 5.71. The second-order valence-electron chi connectivity index (χ2n) is 6.91. The summed E-state index contributed by atoms with van der Waals surface area (Å²) in [6, 6.07) is 9.60. The molecule has 0 aliphatic heterocycles. The number of hydrogen-bond donors (Lipinski definition) is 2. The van der Waals surface area contributed by atoms with Crippen molar-refractivity contribution in [3.63, 3.8) is 0 Å². The van der Waals surface area contributed by atoms with Crippen LogP contribution in [0.5, 0.6) is 5.88 Å². The van der Waals surface area contributed by atoms with Gasteiger partial charge in [0.15, 0.2) is 0 Å². The minimum absolute atomic E-state index is 0.145. The lowest BCUT2D eigenvalue weighted by Crippen LogP contribution is -1.98. The van der Waals surface area contributed by atoms with Crippen LogP contribution in [0.4, 0.5) is 5.69 Å². The molecule has 0 amide bonds. The van der Waals surface area contributed by atoms with E-state index in [1.165, 1.54) is 0 Å². The van der Waals surface area contributed by atoms with Gasteiger partial charge in [0.05, 0.1) is 12.0 Å². The number of anilines is 1. The third kappa shape index (κ3) is 4.88. The van der Waals surface area contributed by atoms with Crippen molar-refractivity contribution in [2.45, 2.75) is 33.1 Å². The van der Waals surface area contributed by atoms with Crippen molar-refractivity contribution in [2.24, 2.45) is 0 Å². The first-order valence-electron chi connectivity index (χ1n) is 9.21. The predicted octanol–water partition coefficient (Wildman–Crippen LogP) is 4.96. The first-order valence-corrected chi connectivity index (χ1v) is 9.21. The van der Waals surface area contributed by atoms with Gasteiger partial charge in [-0.2, -0.15) is 0 Å². The Morgan fingerprint density at radius 1 is 1.25 bits per heavy atom. The molecular weight excluding hydrogens is 352 g/mol. The highest BCUT2D eigenvalue weighted by atomic mass is 16.5. The average Bonchev–Trinajstić information content (AvgIpc) is 2.65. The SMILES string of the molecule is Cc1cc(N)cc(C)c1-c1cccc(OC=C2C=CC(CCC(=O)O)=CC2)n1. The molecule has 1 aliphatic carbocycles. The number of nitrogen functional groups attached to an aromatic ring is 1. The smallest absolute Gasteiger partial charge is 0.303 e. The van der Waals surface area contributed by atoms with Gasteiger partial charge < -0.3 is 15.6 Å². The van der Waals surface area contributed by atoms with E-state index in [0.717, 1.165) is 39.2 Å². The van der Waals surface area contributed by atoms with Crippen LogP contribution in [0.3, 0.4) is 0 Å². The Kier molecular flexibility index (Phi) is 5.94. The summed E-state index contributed by atoms with van der Waals surface area (Å²) in [7, 11) is 0. The lowest BCUT2D eigenvalue weighted by molar-refractivity contribution is -0.136. The fourth-order valence-electron chi connectivity index (χ4n) is 3.28. The summed E-state index contributed by atoms with van der Waals surface area (Å²) in [5, 5.41) is 8.76. The number of nitrogens with zero attached hydrogens (tertiary/aromatic N) is 1. The zero-order valence-electron chi connectivity index (χ0n) is 16.1. The van der Waals surface area contributed by atoms with Crippen molar-refractivity contribution in [1.29, 1.82) is 0 Å². The summed E-state index contributed by atoms with van der Waals surface area (Å²) in [4.78, 5) is 15.3. The third-order valence-corrected chi connectivity index (χ3v) is 4.60. The summed E-state index contributed by atoms with van der Waals surface area (Å²) in [6.45, 7) is 4.05. The second-order valence-corrected chi connectivity index (χ2v) is 6.91. The van der Waals surface area contributed by atoms with E-state index < -0.39 is 5.97 Å². The number of aryl methyl sites for hydroxylation is 2. The molecule has 0 fully saturated rings. The summed E-state index contributed by atoms with van der Waals surface area (Å²) in [5.74, 6) is -0.258. The molecule has 0 bridgehead atoms. The fraction of sp³-hybridized carbons (Fsp3) is 0.217. The standard InChI is InChI=1S/C23H24N2O3/c1-15-12-19(24)13-16(2)23(15)20-4-3-5-21(25-20)28-14-18-8-6-17(7-9-18)10-11-22(26)27/h3-8,12-14H,9-11,24H2,1-2H3,(H,26,27). The van der Waals surface area contributed by atoms with Crippen LogP contribution in [0.25, 0.3) is 11.3 Å². The van der Waals surface area contributed by atoms with Gasteiger partial charge in [0, 0.05) is 23.7 Å². The van der Waals surface area contributed by atoms with Crippen molar-refractivity contribution in [2.75, 3.05) is 5.73 Å². The van der Waals surface area contributed by atoms with Crippen molar-refractivity contribution in [3.8, 4) is 17.1 Å². The minimum Gasteiger partial charge on any atom is -0.481 e. The van der Waals surface area contributed by atoms with E-state index in [1.807, 2.05) is 62.4 Å². The lowest BCUT2D eigenvalue weighted by Gasteiger charge is -2.12. The topological polar surface area (TPSA) is 85.4 Å². The molecule has 0 saturated heterocycles. The number of benzene rings is 1. The molecule has 1 aromatic heterocycles. The maximum atomic E-state index is 10.7. The molecule has 1 aliphatic rings. The Hall–Kier alpha value is -3.34. The first kappa shape index (κ1) is 19.4. The van der Waals surface area contributed by atoms with Gasteiger partial charge >= 0.3 is 5.97 Å². The van der Waals surface area contributed by atoms with E-state index in [1.54, 1.807) is 6.26 Å². The minimum atomic E-state index is -0.781. The van der Waals surface area contributed by atoms with Gasteiger partial charge in [-0.05, 0) is 61.6 Å². The maximum Gasteiger partial charge on any atom is 0.303 e. The normalized spacial score (nSPS) is 14.8. The molecule has 0 radical (unpaired) electrons. The van der Waals surface area contributed by atoms with Crippen molar-refractivity contribution in [1.82, 2.24) is 4.98 Å². The number of ether oxygens (including phenoxy) is 1. The van der Waals surface area contributed by atoms with E-state index in [9.17, 15) is 4.79 Å². The van der Waals surface area contributed by atoms with Gasteiger partial charge in [-0.3, -0.25) is 4.79 Å². The van der Waals surface area contributed by atoms with Gasteiger partial charge in [-0.15, -0.1) is 0 Å². The molecule has 3 rings (SSSR count). The van der Waals surface area contributed by atoms with Crippen LogP contribution in [-0.2, 0) is 4.79 Å². The molecule has 1 heterocycles. The van der Waals surface area contributed by atoms with E-state index >= 15 is 0 Å². The van der Waals surface area contributed by atoms with Crippen LogP contribution in [0.2, 0.25) is 0 Å². The van der Waals surface area contributed by atoms with E-state index in [0.29, 0.717) is 18.7 Å². The van der Waals surface area contributed by atoms with Gasteiger partial charge in [0.2, 0.25) is 5.88 Å². The second kappa shape index (κ2) is 8.57. The number of hydrogen-bond acceptors (Lipinski definition) is 4. The van der Waals surface area contributed by atoms with Gasteiger partial charge in [-0.1, -0.05) is 29.9 Å². The number of aliphatic carboxylic acids is 1. The molecule has 0 spiro atoms. The van der Waals surface area contributed by atoms with Crippen molar-refractivity contribution >= 4 is 11.7 Å². The Balaban J connectivity index is 1.71. The van der Waals surface area contributed by atoms with E-state index in [4.69, 9.17) is 15.6 Å². The van der Waals surface area contributed by atoms with Crippen LogP contribution in [-0.4, -0.2) is 16.1 Å². The van der Waals surface area contributed by atoms with Crippen LogP contribution >= 0.6 is 0 Å². The monoisotopic (exact) mass is 376 g/mol. The first-order chi connectivity index (χ1) is 13.4. The van der Waals surface area contributed by atoms with Crippen molar-refractivity contribution in [3.05, 3.63) is 77.1 Å². The summed E-state index contributed by atoms with van der Waals surface area (Å²) < 4.78 is 5.77. The number of carboxylic acid groups (broad SMARTS) is 1. The average molecular weight is 376 g/mol. The predicted molar refractivity (Wildman–Crippen MR) is 111 cm³/mol. The van der Waals surface area contributed by atoms with Crippen LogP contribution in [0, 0.1) is 13.8 Å². The van der Waals surface area contributed by atoms with Crippen LogP contribution in [0.1, 0.15) is 30.4 Å². The molecule has 0 unspecified atom stereocenters. The number of carboxylic acids is 1. The summed E-state index contributed by atoms with van der Waals surface area (Å²) in [6.07, 6.45) is 9.01. The van der Waals surface area contributed by atoms with Crippen LogP contribution < -0.4 is 10.5 Å². The number of allylic oxidation sites excluding steroid dienone is 5. The molecule has 0 atom stereocenters. The molecule has 144 valence electrons. The Bertz CT molecular complexity index is 964. The number of nitrogens with two attached hydrogens (primary N) is 1. The molecule has 3 N–H and O–H groups in total.